The topological polar surface area (TPSA) is 81.1 Å². The largest absolute Gasteiger partial charge is 0.334 e. The smallest absolute Gasteiger partial charge is 0.264 e. The highest BCUT2D eigenvalue weighted by molar-refractivity contribution is 7.98. The van der Waals surface area contributed by atoms with Crippen LogP contribution in [0.2, 0.25) is 5.02 Å². The molecule has 0 unspecified atom stereocenters. The highest BCUT2D eigenvalue weighted by Crippen LogP contribution is 2.25. The van der Waals surface area contributed by atoms with Crippen LogP contribution in [0.15, 0.2) is 58.8 Å². The van der Waals surface area contributed by atoms with Crippen LogP contribution in [0.25, 0.3) is 0 Å². The lowest BCUT2D eigenvalue weighted by Gasteiger charge is -2.04. The van der Waals surface area contributed by atoms with Crippen LogP contribution in [-0.2, 0) is 5.75 Å². The second-order valence-corrected chi connectivity index (χ2v) is 6.33. The van der Waals surface area contributed by atoms with Crippen molar-refractivity contribution in [2.24, 2.45) is 5.10 Å². The molecule has 9 heteroatoms. The third-order valence-corrected chi connectivity index (χ3v) is 4.59. The number of nitrogens with one attached hydrogen (secondary N) is 1. The van der Waals surface area contributed by atoms with E-state index in [4.69, 9.17) is 17.4 Å². The summed E-state index contributed by atoms with van der Waals surface area (Å²) in [6.07, 6.45) is 1.53. The number of hydrazone groups is 1. The summed E-state index contributed by atoms with van der Waals surface area (Å²) in [7, 11) is 0. The number of nitrogen functional groups attached to an aromatic ring is 1. The Morgan fingerprint density at radius 1 is 1.20 bits per heavy atom. The lowest BCUT2D eigenvalue weighted by atomic mass is 10.2. The number of nitrogens with two attached hydrogens (primary N) is 1. The Kier molecular flexibility index (Phi) is 5.52. The third-order valence-electron chi connectivity index (χ3n) is 3.23. The van der Waals surface area contributed by atoms with Gasteiger partial charge in [0, 0.05) is 10.8 Å². The number of halogens is 2. The van der Waals surface area contributed by atoms with Crippen molar-refractivity contribution in [3.63, 3.8) is 0 Å². The normalized spacial score (nSPS) is 11.1. The number of rotatable bonds is 6. The molecule has 1 heterocycles. The summed E-state index contributed by atoms with van der Waals surface area (Å²) < 4.78 is 14.1. The average molecular weight is 377 g/mol. The Balaban J connectivity index is 1.61. The minimum atomic E-state index is -0.299. The average Bonchev–Trinajstić information content (AvgIpc) is 2.96. The molecular weight excluding hydrogens is 363 g/mol. The maximum absolute atomic E-state index is 12.8. The van der Waals surface area contributed by atoms with Gasteiger partial charge in [-0.25, -0.2) is 14.5 Å². The van der Waals surface area contributed by atoms with Crippen molar-refractivity contribution in [2.45, 2.75) is 10.9 Å². The molecular formula is C16H14ClFN6S. The summed E-state index contributed by atoms with van der Waals surface area (Å²) >= 11 is 7.54. The van der Waals surface area contributed by atoms with Crippen LogP contribution >= 0.6 is 23.4 Å². The fourth-order valence-corrected chi connectivity index (χ4v) is 3.07. The lowest BCUT2D eigenvalue weighted by molar-refractivity contribution is 0.628. The summed E-state index contributed by atoms with van der Waals surface area (Å²) in [5.74, 6) is 6.57. The minimum Gasteiger partial charge on any atom is -0.334 e. The first-order chi connectivity index (χ1) is 12.1. The molecule has 128 valence electrons. The van der Waals surface area contributed by atoms with E-state index in [-0.39, 0.29) is 5.82 Å². The van der Waals surface area contributed by atoms with Gasteiger partial charge in [-0.3, -0.25) is 0 Å². The standard InChI is InChI=1S/C16H14ClFN6S/c17-14-4-2-1-3-12(14)10-25-16-23-22-15(24(16)19)21-20-9-11-5-7-13(18)8-6-11/h1-9H,10,19H2,(H,21,22)/b20-9+. The molecule has 0 saturated heterocycles. The molecule has 1 aromatic heterocycles. The highest BCUT2D eigenvalue weighted by atomic mass is 35.5. The van der Waals surface area contributed by atoms with Crippen molar-refractivity contribution in [3.8, 4) is 0 Å². The Hall–Kier alpha value is -2.58. The summed E-state index contributed by atoms with van der Waals surface area (Å²) in [5, 5.41) is 13.2. The number of benzene rings is 2. The molecule has 0 saturated carbocycles. The van der Waals surface area contributed by atoms with Crippen molar-refractivity contribution >= 4 is 35.5 Å². The van der Waals surface area contributed by atoms with Crippen LogP contribution in [0.1, 0.15) is 11.1 Å². The van der Waals surface area contributed by atoms with Crippen LogP contribution < -0.4 is 11.3 Å². The zero-order valence-corrected chi connectivity index (χ0v) is 14.5. The predicted molar refractivity (Wildman–Crippen MR) is 98.8 cm³/mol. The fraction of sp³-hybridized carbons (Fsp3) is 0.0625. The molecule has 6 nitrogen and oxygen atoms in total. The van der Waals surface area contributed by atoms with E-state index in [1.54, 1.807) is 12.1 Å². The van der Waals surface area contributed by atoms with Gasteiger partial charge < -0.3 is 5.84 Å². The first-order valence-electron chi connectivity index (χ1n) is 7.25. The van der Waals surface area contributed by atoms with E-state index >= 15 is 0 Å². The summed E-state index contributed by atoms with van der Waals surface area (Å²) in [5.41, 5.74) is 4.43. The number of anilines is 1. The zero-order valence-electron chi connectivity index (χ0n) is 12.9. The minimum absolute atomic E-state index is 0.292. The van der Waals surface area contributed by atoms with Crippen molar-refractivity contribution in [1.82, 2.24) is 14.9 Å². The van der Waals surface area contributed by atoms with Gasteiger partial charge in [-0.1, -0.05) is 53.7 Å². The van der Waals surface area contributed by atoms with E-state index in [2.05, 4.69) is 20.7 Å². The van der Waals surface area contributed by atoms with E-state index in [1.807, 2.05) is 24.3 Å². The number of thioether (sulfide) groups is 1. The zero-order chi connectivity index (χ0) is 17.6. The van der Waals surface area contributed by atoms with Gasteiger partial charge in [0.1, 0.15) is 5.82 Å². The maximum Gasteiger partial charge on any atom is 0.264 e. The molecule has 0 aliphatic carbocycles. The van der Waals surface area contributed by atoms with Crippen molar-refractivity contribution in [2.75, 3.05) is 11.3 Å². The van der Waals surface area contributed by atoms with Gasteiger partial charge in [-0.15, -0.1) is 10.2 Å². The van der Waals surface area contributed by atoms with Gasteiger partial charge in [0.25, 0.3) is 5.95 Å². The summed E-state index contributed by atoms with van der Waals surface area (Å²) in [6.45, 7) is 0. The van der Waals surface area contributed by atoms with Gasteiger partial charge in [0.15, 0.2) is 0 Å². The molecule has 3 N–H and O–H groups in total. The molecule has 0 fully saturated rings. The van der Waals surface area contributed by atoms with Crippen molar-refractivity contribution < 1.29 is 4.39 Å². The van der Waals surface area contributed by atoms with Crippen LogP contribution in [0.5, 0.6) is 0 Å². The quantitative estimate of drug-likeness (QED) is 0.298. The van der Waals surface area contributed by atoms with Crippen LogP contribution in [0, 0.1) is 5.82 Å². The molecule has 3 rings (SSSR count). The van der Waals surface area contributed by atoms with Gasteiger partial charge in [0.2, 0.25) is 5.16 Å². The van der Waals surface area contributed by atoms with E-state index < -0.39 is 0 Å². The molecule has 25 heavy (non-hydrogen) atoms. The Bertz CT molecular complexity index is 881. The Morgan fingerprint density at radius 2 is 1.96 bits per heavy atom. The molecule has 0 radical (unpaired) electrons. The maximum atomic E-state index is 12.8. The summed E-state index contributed by atoms with van der Waals surface area (Å²) in [4.78, 5) is 0. The SMILES string of the molecule is Nn1c(N/N=C/c2ccc(F)cc2)nnc1SCc1ccccc1Cl. The molecule has 0 bridgehead atoms. The number of nitrogens with zero attached hydrogens (tertiary/aromatic N) is 4. The third kappa shape index (κ3) is 4.49. The summed E-state index contributed by atoms with van der Waals surface area (Å²) in [6, 6.07) is 13.5. The van der Waals surface area contributed by atoms with Crippen LogP contribution in [0.4, 0.5) is 10.3 Å². The molecule has 0 atom stereocenters. The van der Waals surface area contributed by atoms with Gasteiger partial charge in [-0.05, 0) is 29.3 Å². The van der Waals surface area contributed by atoms with E-state index in [0.29, 0.717) is 21.9 Å². The fourth-order valence-electron chi connectivity index (χ4n) is 1.92. The lowest BCUT2D eigenvalue weighted by Crippen LogP contribution is -2.13. The van der Waals surface area contributed by atoms with Crippen LogP contribution in [-0.4, -0.2) is 21.1 Å². The monoisotopic (exact) mass is 376 g/mol. The van der Waals surface area contributed by atoms with Gasteiger partial charge in [-0.2, -0.15) is 5.10 Å². The molecule has 0 spiro atoms. The van der Waals surface area contributed by atoms with Gasteiger partial charge in [0.05, 0.1) is 6.21 Å². The molecule has 0 amide bonds. The Morgan fingerprint density at radius 3 is 2.72 bits per heavy atom. The first kappa shape index (κ1) is 17.2. The van der Waals surface area contributed by atoms with Crippen LogP contribution in [0.3, 0.4) is 0 Å². The van der Waals surface area contributed by atoms with Crippen molar-refractivity contribution in [3.05, 3.63) is 70.5 Å². The van der Waals surface area contributed by atoms with E-state index in [0.717, 1.165) is 11.1 Å². The first-order valence-corrected chi connectivity index (χ1v) is 8.61. The van der Waals surface area contributed by atoms with E-state index in [9.17, 15) is 4.39 Å². The number of hydrogen-bond donors (Lipinski definition) is 2. The molecule has 0 aliphatic rings. The number of aromatic nitrogens is 3. The molecule has 3 aromatic rings. The van der Waals surface area contributed by atoms with Gasteiger partial charge >= 0.3 is 0 Å². The van der Waals surface area contributed by atoms with E-state index in [1.165, 1.54) is 34.8 Å². The second-order valence-electron chi connectivity index (χ2n) is 4.98. The second kappa shape index (κ2) is 8.00. The number of hydrogen-bond acceptors (Lipinski definition) is 6. The highest BCUT2D eigenvalue weighted by Gasteiger charge is 2.10. The molecule has 2 aromatic carbocycles. The Labute approximate surface area is 152 Å². The predicted octanol–water partition coefficient (Wildman–Crippen LogP) is 3.52. The molecule has 0 aliphatic heterocycles. The van der Waals surface area contributed by atoms with Crippen molar-refractivity contribution in [1.29, 1.82) is 0 Å².